The minimum Gasteiger partial charge on any atom is -0.360 e. The summed E-state index contributed by atoms with van der Waals surface area (Å²) in [6.45, 7) is 4.63. The maximum atomic E-state index is 13.7. The Hall–Kier alpha value is -2.22. The van der Waals surface area contributed by atoms with Crippen molar-refractivity contribution in [1.82, 2.24) is 15.2 Å². The highest BCUT2D eigenvalue weighted by Crippen LogP contribution is 2.45. The number of nitrogens with zero attached hydrogens (tertiary/aromatic N) is 3. The first-order valence-corrected chi connectivity index (χ1v) is 9.78. The van der Waals surface area contributed by atoms with Crippen LogP contribution in [0.2, 0.25) is 0 Å². The van der Waals surface area contributed by atoms with E-state index in [1.807, 2.05) is 19.9 Å². The maximum absolute atomic E-state index is 13.7. The van der Waals surface area contributed by atoms with Crippen molar-refractivity contribution in [2.24, 2.45) is 0 Å². The van der Waals surface area contributed by atoms with Gasteiger partial charge in [-0.3, -0.25) is 0 Å². The predicted octanol–water partition coefficient (Wildman–Crippen LogP) is 5.78. The molecule has 8 heteroatoms. The Balaban J connectivity index is 1.84. The van der Waals surface area contributed by atoms with Crippen molar-refractivity contribution in [2.75, 3.05) is 11.9 Å². The zero-order chi connectivity index (χ0) is 19.2. The van der Waals surface area contributed by atoms with Gasteiger partial charge in [-0.15, -0.1) is 10.2 Å². The van der Waals surface area contributed by atoms with E-state index in [9.17, 15) is 13.2 Å². The van der Waals surface area contributed by atoms with Gasteiger partial charge in [0, 0.05) is 11.9 Å². The Kier molecular flexibility index (Phi) is 4.53. The number of benzene rings is 1. The number of aromatic nitrogens is 3. The molecule has 0 saturated heterocycles. The molecular weight excluding hydrogens is 373 g/mol. The lowest BCUT2D eigenvalue weighted by atomic mass is 9.98. The topological polar surface area (TPSA) is 50.7 Å². The second kappa shape index (κ2) is 6.74. The minimum atomic E-state index is -4.45. The first kappa shape index (κ1) is 18.2. The Labute approximate surface area is 158 Å². The second-order valence-corrected chi connectivity index (χ2v) is 7.88. The predicted molar refractivity (Wildman–Crippen MR) is 101 cm³/mol. The molecule has 2 heterocycles. The normalized spacial score (nSPS) is 14.7. The summed E-state index contributed by atoms with van der Waals surface area (Å²) in [5.74, 6) is 0.241. The molecule has 0 aliphatic heterocycles. The fraction of sp³-hybridized carbons (Fsp3) is 0.421. The number of hydrogen-bond acceptors (Lipinski definition) is 5. The number of nitrogens with one attached hydrogen (secondary N) is 1. The molecule has 0 bridgehead atoms. The Morgan fingerprint density at radius 1 is 1.19 bits per heavy atom. The SMILES string of the molecule is CCCNc1nnc(-c2cc(C)c3cc(C4CC4)cc(C(F)(F)F)c3n2)s1. The molecule has 1 aromatic carbocycles. The van der Waals surface area contributed by atoms with Crippen molar-refractivity contribution in [1.29, 1.82) is 0 Å². The summed E-state index contributed by atoms with van der Waals surface area (Å²) in [4.78, 5) is 4.35. The summed E-state index contributed by atoms with van der Waals surface area (Å²) < 4.78 is 41.1. The van der Waals surface area contributed by atoms with Gasteiger partial charge in [0.15, 0.2) is 5.01 Å². The molecule has 142 valence electrons. The number of halogens is 3. The summed E-state index contributed by atoms with van der Waals surface area (Å²) in [5.41, 5.74) is 1.27. The molecule has 1 fully saturated rings. The van der Waals surface area contributed by atoms with E-state index < -0.39 is 11.7 Å². The highest BCUT2D eigenvalue weighted by atomic mass is 32.1. The van der Waals surface area contributed by atoms with Crippen molar-refractivity contribution >= 4 is 27.4 Å². The Bertz CT molecular complexity index is 993. The summed E-state index contributed by atoms with van der Waals surface area (Å²) in [6.07, 6.45) is -1.60. The lowest BCUT2D eigenvalue weighted by Gasteiger charge is -2.14. The third kappa shape index (κ3) is 3.63. The molecule has 2 aromatic heterocycles. The lowest BCUT2D eigenvalue weighted by Crippen LogP contribution is -2.08. The van der Waals surface area contributed by atoms with Crippen LogP contribution in [0.3, 0.4) is 0 Å². The molecule has 3 aromatic rings. The van der Waals surface area contributed by atoms with Crippen LogP contribution in [0.25, 0.3) is 21.6 Å². The molecule has 0 amide bonds. The van der Waals surface area contributed by atoms with Gasteiger partial charge in [0.1, 0.15) is 5.69 Å². The van der Waals surface area contributed by atoms with Gasteiger partial charge in [-0.2, -0.15) is 13.2 Å². The molecule has 1 aliphatic carbocycles. The van der Waals surface area contributed by atoms with Gasteiger partial charge < -0.3 is 5.32 Å². The van der Waals surface area contributed by atoms with Crippen LogP contribution in [0.1, 0.15) is 48.8 Å². The molecule has 0 radical (unpaired) electrons. The zero-order valence-corrected chi connectivity index (χ0v) is 15.8. The van der Waals surface area contributed by atoms with Crippen LogP contribution in [0.15, 0.2) is 18.2 Å². The van der Waals surface area contributed by atoms with Gasteiger partial charge >= 0.3 is 6.18 Å². The largest absolute Gasteiger partial charge is 0.418 e. The molecule has 0 unspecified atom stereocenters. The van der Waals surface area contributed by atoms with Gasteiger partial charge in [0.25, 0.3) is 0 Å². The van der Waals surface area contributed by atoms with E-state index in [4.69, 9.17) is 0 Å². The summed E-state index contributed by atoms with van der Waals surface area (Å²) in [6, 6.07) is 4.93. The fourth-order valence-electron chi connectivity index (χ4n) is 3.12. The molecule has 1 aliphatic rings. The van der Waals surface area contributed by atoms with Crippen LogP contribution in [0, 0.1) is 6.92 Å². The van der Waals surface area contributed by atoms with Gasteiger partial charge in [-0.05, 0) is 61.4 Å². The Morgan fingerprint density at radius 2 is 1.96 bits per heavy atom. The van der Waals surface area contributed by atoms with Gasteiger partial charge in [0.2, 0.25) is 5.13 Å². The molecule has 4 rings (SSSR count). The molecule has 4 nitrogen and oxygen atoms in total. The first-order valence-electron chi connectivity index (χ1n) is 8.97. The van der Waals surface area contributed by atoms with E-state index in [0.29, 0.717) is 21.2 Å². The van der Waals surface area contributed by atoms with E-state index in [1.165, 1.54) is 17.4 Å². The van der Waals surface area contributed by atoms with Gasteiger partial charge in [0.05, 0.1) is 11.1 Å². The van der Waals surface area contributed by atoms with E-state index in [1.54, 1.807) is 6.07 Å². The van der Waals surface area contributed by atoms with Crippen LogP contribution in [0.5, 0.6) is 0 Å². The summed E-state index contributed by atoms with van der Waals surface area (Å²) in [7, 11) is 0. The number of aryl methyl sites for hydroxylation is 1. The van der Waals surface area contributed by atoms with Crippen molar-refractivity contribution in [3.8, 4) is 10.7 Å². The maximum Gasteiger partial charge on any atom is 0.418 e. The summed E-state index contributed by atoms with van der Waals surface area (Å²) >= 11 is 1.30. The average Bonchev–Trinajstić information content (AvgIpc) is 3.36. The van der Waals surface area contributed by atoms with Gasteiger partial charge in [-0.25, -0.2) is 4.98 Å². The van der Waals surface area contributed by atoms with E-state index in [2.05, 4.69) is 20.5 Å². The van der Waals surface area contributed by atoms with Crippen LogP contribution >= 0.6 is 11.3 Å². The molecular formula is C19H19F3N4S. The minimum absolute atomic E-state index is 0.0137. The standard InChI is InChI=1S/C19H19F3N4S/c1-3-6-23-18-26-25-17(27-18)15-7-10(2)13-8-12(11-4-5-11)9-14(16(13)24-15)19(20,21)22/h7-9,11H,3-6H2,1-2H3,(H,23,26). The van der Waals surface area contributed by atoms with Crippen LogP contribution in [-0.4, -0.2) is 21.7 Å². The van der Waals surface area contributed by atoms with Crippen molar-refractivity contribution in [3.63, 3.8) is 0 Å². The number of rotatable bonds is 5. The number of fused-ring (bicyclic) bond motifs is 1. The molecule has 0 spiro atoms. The molecule has 27 heavy (non-hydrogen) atoms. The quantitative estimate of drug-likeness (QED) is 0.598. The number of hydrogen-bond donors (Lipinski definition) is 1. The summed E-state index contributed by atoms with van der Waals surface area (Å²) in [5, 5.41) is 13.0. The number of alkyl halides is 3. The van der Waals surface area contributed by atoms with Gasteiger partial charge in [-0.1, -0.05) is 18.3 Å². The van der Waals surface area contributed by atoms with Crippen molar-refractivity contribution in [2.45, 2.75) is 45.2 Å². The van der Waals surface area contributed by atoms with E-state index in [0.717, 1.165) is 36.9 Å². The third-order valence-corrected chi connectivity index (χ3v) is 5.57. The Morgan fingerprint density at radius 3 is 2.63 bits per heavy atom. The van der Waals surface area contributed by atoms with Crippen molar-refractivity contribution < 1.29 is 13.2 Å². The lowest BCUT2D eigenvalue weighted by molar-refractivity contribution is -0.136. The highest BCUT2D eigenvalue weighted by Gasteiger charge is 2.36. The van der Waals surface area contributed by atoms with Crippen LogP contribution in [-0.2, 0) is 6.18 Å². The second-order valence-electron chi connectivity index (χ2n) is 6.90. The number of pyridine rings is 1. The van der Waals surface area contributed by atoms with E-state index in [-0.39, 0.29) is 11.4 Å². The molecule has 0 atom stereocenters. The molecule has 1 saturated carbocycles. The average molecular weight is 392 g/mol. The monoisotopic (exact) mass is 392 g/mol. The van der Waals surface area contributed by atoms with Crippen LogP contribution < -0.4 is 5.32 Å². The highest BCUT2D eigenvalue weighted by molar-refractivity contribution is 7.18. The third-order valence-electron chi connectivity index (χ3n) is 4.67. The number of anilines is 1. The fourth-order valence-corrected chi connectivity index (χ4v) is 3.85. The van der Waals surface area contributed by atoms with E-state index >= 15 is 0 Å². The zero-order valence-electron chi connectivity index (χ0n) is 15.0. The smallest absolute Gasteiger partial charge is 0.360 e. The first-order chi connectivity index (χ1) is 12.9. The van der Waals surface area contributed by atoms with Crippen molar-refractivity contribution in [3.05, 3.63) is 34.9 Å². The molecule has 1 N–H and O–H groups in total. The van der Waals surface area contributed by atoms with Crippen LogP contribution in [0.4, 0.5) is 18.3 Å².